The van der Waals surface area contributed by atoms with Crippen molar-refractivity contribution in [3.05, 3.63) is 71.4 Å². The molecule has 0 saturated carbocycles. The van der Waals surface area contributed by atoms with Gasteiger partial charge in [-0.25, -0.2) is 0 Å². The van der Waals surface area contributed by atoms with E-state index in [2.05, 4.69) is 9.93 Å². The first-order valence-electron chi connectivity index (χ1n) is 6.98. The Morgan fingerprint density at radius 1 is 1.04 bits per heavy atom. The molecule has 0 atom stereocenters. The van der Waals surface area contributed by atoms with Gasteiger partial charge in [-0.3, -0.25) is 0 Å². The molecule has 1 aromatic heterocycles. The number of alkyl halides is 1. The standard InChI is InChI=1S/C16H13Cl2N3O2S/c17-11-14-10-16(12-6-8-13(18)9-7-12)21(19-14)20-24(22,23)15-4-2-1-3-5-15/h1-10,20H,11H2. The Morgan fingerprint density at radius 3 is 2.33 bits per heavy atom. The number of rotatable bonds is 5. The van der Waals surface area contributed by atoms with E-state index in [1.54, 1.807) is 48.5 Å². The van der Waals surface area contributed by atoms with Crippen LogP contribution < -0.4 is 4.83 Å². The third-order valence-corrected chi connectivity index (χ3v) is 5.13. The van der Waals surface area contributed by atoms with Crippen molar-refractivity contribution in [2.45, 2.75) is 10.8 Å². The van der Waals surface area contributed by atoms with Gasteiger partial charge in [-0.05, 0) is 30.3 Å². The van der Waals surface area contributed by atoms with Crippen molar-refractivity contribution in [1.82, 2.24) is 9.89 Å². The fourth-order valence-electron chi connectivity index (χ4n) is 2.16. The van der Waals surface area contributed by atoms with Crippen molar-refractivity contribution in [3.63, 3.8) is 0 Å². The summed E-state index contributed by atoms with van der Waals surface area (Å²) in [6.45, 7) is 0. The molecule has 0 aliphatic rings. The summed E-state index contributed by atoms with van der Waals surface area (Å²) in [5.41, 5.74) is 1.89. The minimum atomic E-state index is -3.77. The third kappa shape index (κ3) is 3.56. The van der Waals surface area contributed by atoms with E-state index in [1.807, 2.05) is 0 Å². The maximum Gasteiger partial charge on any atom is 0.276 e. The van der Waals surface area contributed by atoms with Gasteiger partial charge in [0.1, 0.15) is 0 Å². The second-order valence-electron chi connectivity index (χ2n) is 4.98. The van der Waals surface area contributed by atoms with Crippen LogP contribution in [0.3, 0.4) is 0 Å². The topological polar surface area (TPSA) is 64.0 Å². The van der Waals surface area contributed by atoms with Gasteiger partial charge in [0, 0.05) is 10.6 Å². The molecule has 124 valence electrons. The van der Waals surface area contributed by atoms with Crippen LogP contribution in [0.1, 0.15) is 5.69 Å². The monoisotopic (exact) mass is 381 g/mol. The molecule has 1 N–H and O–H groups in total. The predicted molar refractivity (Wildman–Crippen MR) is 95.2 cm³/mol. The SMILES string of the molecule is O=S(=O)(Nn1nc(CCl)cc1-c1ccc(Cl)cc1)c1ccccc1. The second kappa shape index (κ2) is 6.84. The minimum absolute atomic E-state index is 0.148. The van der Waals surface area contributed by atoms with E-state index in [9.17, 15) is 8.42 Å². The Balaban J connectivity index is 2.02. The lowest BCUT2D eigenvalue weighted by Crippen LogP contribution is -2.25. The summed E-state index contributed by atoms with van der Waals surface area (Å²) in [5, 5.41) is 4.79. The van der Waals surface area contributed by atoms with Crippen LogP contribution in [0.15, 0.2) is 65.6 Å². The van der Waals surface area contributed by atoms with Crippen molar-refractivity contribution >= 4 is 33.2 Å². The molecule has 8 heteroatoms. The Labute approximate surface area is 149 Å². The van der Waals surface area contributed by atoms with Crippen molar-refractivity contribution in [2.75, 3.05) is 4.83 Å². The second-order valence-corrected chi connectivity index (χ2v) is 7.35. The van der Waals surface area contributed by atoms with Crippen LogP contribution in [0.2, 0.25) is 5.02 Å². The summed E-state index contributed by atoms with van der Waals surface area (Å²) in [7, 11) is -3.77. The number of hydrogen-bond donors (Lipinski definition) is 1. The lowest BCUT2D eigenvalue weighted by Gasteiger charge is -2.11. The van der Waals surface area contributed by atoms with Crippen molar-refractivity contribution in [3.8, 4) is 11.3 Å². The Morgan fingerprint density at radius 2 is 1.71 bits per heavy atom. The molecule has 0 spiro atoms. The molecule has 0 fully saturated rings. The quantitative estimate of drug-likeness (QED) is 0.682. The number of nitrogens with one attached hydrogen (secondary N) is 1. The van der Waals surface area contributed by atoms with E-state index in [1.165, 1.54) is 16.9 Å². The first-order chi connectivity index (χ1) is 11.5. The molecule has 0 bridgehead atoms. The summed E-state index contributed by atoms with van der Waals surface area (Å²) >= 11 is 11.7. The summed E-state index contributed by atoms with van der Waals surface area (Å²) in [6, 6.07) is 16.8. The van der Waals surface area contributed by atoms with Gasteiger partial charge in [0.15, 0.2) is 0 Å². The third-order valence-electron chi connectivity index (χ3n) is 3.30. The Bertz CT molecular complexity index is 939. The number of hydrogen-bond acceptors (Lipinski definition) is 3. The van der Waals surface area contributed by atoms with Crippen LogP contribution >= 0.6 is 23.2 Å². The molecule has 0 saturated heterocycles. The summed E-state index contributed by atoms with van der Waals surface area (Å²) in [5.74, 6) is 0.167. The van der Waals surface area contributed by atoms with Crippen LogP contribution in [0.25, 0.3) is 11.3 Å². The van der Waals surface area contributed by atoms with Gasteiger partial charge in [0.05, 0.1) is 22.2 Å². The van der Waals surface area contributed by atoms with Crippen LogP contribution in [0, 0.1) is 0 Å². The smallest absolute Gasteiger partial charge is 0.200 e. The van der Waals surface area contributed by atoms with E-state index >= 15 is 0 Å². The number of nitrogens with zero attached hydrogens (tertiary/aromatic N) is 2. The maximum absolute atomic E-state index is 12.5. The van der Waals surface area contributed by atoms with Crippen LogP contribution in [0.4, 0.5) is 0 Å². The zero-order chi connectivity index (χ0) is 17.2. The minimum Gasteiger partial charge on any atom is -0.200 e. The Hall–Kier alpha value is -2.02. The van der Waals surface area contributed by atoms with Gasteiger partial charge in [0.2, 0.25) is 0 Å². The largest absolute Gasteiger partial charge is 0.276 e. The summed E-state index contributed by atoms with van der Waals surface area (Å²) in [6.07, 6.45) is 0. The maximum atomic E-state index is 12.5. The lowest BCUT2D eigenvalue weighted by atomic mass is 10.1. The molecular weight excluding hydrogens is 369 g/mol. The lowest BCUT2D eigenvalue weighted by molar-refractivity contribution is 0.592. The highest BCUT2D eigenvalue weighted by atomic mass is 35.5. The fraction of sp³-hybridized carbons (Fsp3) is 0.0625. The molecular formula is C16H13Cl2N3O2S. The van der Waals surface area contributed by atoms with E-state index in [4.69, 9.17) is 23.2 Å². The molecule has 0 radical (unpaired) electrons. The molecule has 0 aliphatic heterocycles. The highest BCUT2D eigenvalue weighted by Crippen LogP contribution is 2.23. The Kier molecular flexibility index (Phi) is 4.80. The molecule has 0 unspecified atom stereocenters. The highest BCUT2D eigenvalue weighted by Gasteiger charge is 2.18. The average molecular weight is 382 g/mol. The number of aromatic nitrogens is 2. The van der Waals surface area contributed by atoms with Gasteiger partial charge < -0.3 is 0 Å². The molecule has 24 heavy (non-hydrogen) atoms. The molecule has 3 rings (SSSR count). The van der Waals surface area contributed by atoms with E-state index in [0.29, 0.717) is 16.4 Å². The molecule has 2 aromatic carbocycles. The van der Waals surface area contributed by atoms with E-state index in [0.717, 1.165) is 5.56 Å². The first-order valence-corrected chi connectivity index (χ1v) is 9.38. The number of halogens is 2. The predicted octanol–water partition coefficient (Wildman–Crippen LogP) is 3.87. The van der Waals surface area contributed by atoms with Crippen LogP contribution in [-0.2, 0) is 15.9 Å². The summed E-state index contributed by atoms with van der Waals surface area (Å²) < 4.78 is 25.0. The van der Waals surface area contributed by atoms with Crippen molar-refractivity contribution in [1.29, 1.82) is 0 Å². The average Bonchev–Trinajstić information content (AvgIpc) is 2.98. The zero-order valence-electron chi connectivity index (χ0n) is 12.4. The molecule has 0 aliphatic carbocycles. The number of benzene rings is 2. The molecule has 5 nitrogen and oxygen atoms in total. The van der Waals surface area contributed by atoms with E-state index < -0.39 is 10.0 Å². The van der Waals surface area contributed by atoms with Gasteiger partial charge in [0.25, 0.3) is 10.0 Å². The van der Waals surface area contributed by atoms with Crippen molar-refractivity contribution in [2.24, 2.45) is 0 Å². The first kappa shape index (κ1) is 16.8. The van der Waals surface area contributed by atoms with Gasteiger partial charge in [-0.1, -0.05) is 41.9 Å². The van der Waals surface area contributed by atoms with E-state index in [-0.39, 0.29) is 10.8 Å². The zero-order valence-corrected chi connectivity index (χ0v) is 14.7. The van der Waals surface area contributed by atoms with Crippen molar-refractivity contribution < 1.29 is 8.42 Å². The van der Waals surface area contributed by atoms with Gasteiger partial charge in [-0.15, -0.1) is 11.6 Å². The van der Waals surface area contributed by atoms with Gasteiger partial charge >= 0.3 is 0 Å². The molecule has 0 amide bonds. The van der Waals surface area contributed by atoms with Crippen LogP contribution in [-0.4, -0.2) is 18.3 Å². The molecule has 1 heterocycles. The number of sulfonamides is 1. The van der Waals surface area contributed by atoms with Gasteiger partial charge in [-0.2, -0.15) is 23.1 Å². The highest BCUT2D eigenvalue weighted by molar-refractivity contribution is 7.92. The molecule has 3 aromatic rings. The normalized spacial score (nSPS) is 11.4. The van der Waals surface area contributed by atoms with Crippen LogP contribution in [0.5, 0.6) is 0 Å². The fourth-order valence-corrected chi connectivity index (χ4v) is 3.40. The summed E-state index contributed by atoms with van der Waals surface area (Å²) in [4.78, 5) is 3.82.